The molecule has 1 spiro atoms. The number of amides is 3. The number of nitrogens with zero attached hydrogens (tertiary/aromatic N) is 3. The Bertz CT molecular complexity index is 870. The molecular weight excluding hydrogens is 340 g/mol. The van der Waals surface area contributed by atoms with Gasteiger partial charge >= 0.3 is 6.03 Å². The predicted molar refractivity (Wildman–Crippen MR) is 103 cm³/mol. The van der Waals surface area contributed by atoms with Crippen LogP contribution < -0.4 is 0 Å². The van der Waals surface area contributed by atoms with E-state index in [1.807, 2.05) is 18.0 Å². The van der Waals surface area contributed by atoms with Gasteiger partial charge in [0.25, 0.3) is 5.91 Å². The van der Waals surface area contributed by atoms with Gasteiger partial charge in [-0.2, -0.15) is 0 Å². The van der Waals surface area contributed by atoms with Gasteiger partial charge in [-0.1, -0.05) is 6.07 Å². The highest BCUT2D eigenvalue weighted by molar-refractivity contribution is 6.04. The van der Waals surface area contributed by atoms with Crippen molar-refractivity contribution in [1.82, 2.24) is 19.7 Å². The van der Waals surface area contributed by atoms with E-state index in [-0.39, 0.29) is 23.4 Å². The first kappa shape index (κ1) is 16.8. The molecule has 1 aromatic heterocycles. The summed E-state index contributed by atoms with van der Waals surface area (Å²) in [5, 5.41) is 1.26. The summed E-state index contributed by atoms with van der Waals surface area (Å²) in [7, 11) is 0. The van der Waals surface area contributed by atoms with Crippen LogP contribution in [0.5, 0.6) is 0 Å². The molecule has 3 amide bonds. The number of nitrogens with one attached hydrogen (secondary N) is 1. The van der Waals surface area contributed by atoms with Gasteiger partial charge in [0, 0.05) is 31.3 Å². The third-order valence-electron chi connectivity index (χ3n) is 6.79. The Hall–Kier alpha value is -2.34. The van der Waals surface area contributed by atoms with Gasteiger partial charge < -0.3 is 9.88 Å². The van der Waals surface area contributed by atoms with Crippen molar-refractivity contribution < 1.29 is 9.59 Å². The number of hydrogen-bond acceptors (Lipinski definition) is 3. The van der Waals surface area contributed by atoms with Crippen LogP contribution in [0, 0.1) is 5.41 Å². The van der Waals surface area contributed by atoms with Crippen LogP contribution in [0.15, 0.2) is 30.5 Å². The molecule has 3 aliphatic heterocycles. The van der Waals surface area contributed by atoms with Crippen molar-refractivity contribution in [3.8, 4) is 0 Å². The fourth-order valence-electron chi connectivity index (χ4n) is 5.21. The molecule has 6 heteroatoms. The Morgan fingerprint density at radius 1 is 1.19 bits per heavy atom. The normalized spacial score (nSPS) is 25.1. The molecular formula is C21H26N4O2. The van der Waals surface area contributed by atoms with Crippen LogP contribution in [-0.2, 0) is 11.3 Å². The van der Waals surface area contributed by atoms with Crippen molar-refractivity contribution in [2.24, 2.45) is 5.41 Å². The molecule has 3 aliphatic rings. The predicted octanol–water partition coefficient (Wildman–Crippen LogP) is 2.81. The number of fused-ring (bicyclic) bond motifs is 2. The minimum absolute atomic E-state index is 0.0154. The summed E-state index contributed by atoms with van der Waals surface area (Å²) < 4.78 is 0. The summed E-state index contributed by atoms with van der Waals surface area (Å²) in [5.74, 6) is 0.0154. The van der Waals surface area contributed by atoms with Crippen LogP contribution in [0.25, 0.3) is 10.9 Å². The third kappa shape index (κ3) is 2.65. The Kier molecular flexibility index (Phi) is 3.79. The van der Waals surface area contributed by atoms with E-state index in [9.17, 15) is 9.59 Å². The lowest BCUT2D eigenvalue weighted by molar-refractivity contribution is -0.128. The molecule has 5 rings (SSSR count). The van der Waals surface area contributed by atoms with E-state index in [1.54, 1.807) is 0 Å². The Balaban J connectivity index is 1.23. The Morgan fingerprint density at radius 2 is 2.00 bits per heavy atom. The molecule has 1 aromatic carbocycles. The van der Waals surface area contributed by atoms with E-state index < -0.39 is 0 Å². The summed E-state index contributed by atoms with van der Waals surface area (Å²) >= 11 is 0. The van der Waals surface area contributed by atoms with Crippen LogP contribution in [0.1, 0.15) is 31.7 Å². The van der Waals surface area contributed by atoms with Crippen LogP contribution in [0.2, 0.25) is 0 Å². The molecule has 0 bridgehead atoms. The van der Waals surface area contributed by atoms with Crippen molar-refractivity contribution in [1.29, 1.82) is 0 Å². The van der Waals surface area contributed by atoms with E-state index >= 15 is 0 Å². The number of carbonyl (C=O) groups is 2. The summed E-state index contributed by atoms with van der Waals surface area (Å²) in [4.78, 5) is 33.9. The summed E-state index contributed by atoms with van der Waals surface area (Å²) in [6, 6.07) is 8.44. The van der Waals surface area contributed by atoms with Gasteiger partial charge in [-0.3, -0.25) is 14.6 Å². The number of carbonyl (C=O) groups excluding carboxylic acids is 2. The average Bonchev–Trinajstić information content (AvgIpc) is 3.33. The van der Waals surface area contributed by atoms with Gasteiger partial charge in [-0.25, -0.2) is 4.79 Å². The van der Waals surface area contributed by atoms with Gasteiger partial charge in [0.2, 0.25) is 0 Å². The van der Waals surface area contributed by atoms with E-state index in [1.165, 1.54) is 21.4 Å². The lowest BCUT2D eigenvalue weighted by atomic mass is 9.76. The quantitative estimate of drug-likeness (QED) is 0.850. The number of hydrogen-bond donors (Lipinski definition) is 1. The molecule has 2 aromatic rings. The first-order valence-electron chi connectivity index (χ1n) is 9.99. The zero-order valence-electron chi connectivity index (χ0n) is 15.8. The van der Waals surface area contributed by atoms with Crippen molar-refractivity contribution in [3.63, 3.8) is 0 Å². The largest absolute Gasteiger partial charge is 0.361 e. The zero-order chi connectivity index (χ0) is 18.6. The van der Waals surface area contributed by atoms with Gasteiger partial charge in [0.1, 0.15) is 6.04 Å². The number of H-pyrrole nitrogens is 1. The maximum atomic E-state index is 12.5. The molecule has 4 heterocycles. The molecule has 1 atom stereocenters. The summed E-state index contributed by atoms with van der Waals surface area (Å²) in [5.41, 5.74) is 2.66. The van der Waals surface area contributed by atoms with Crippen LogP contribution in [0.3, 0.4) is 0 Å². The standard InChI is InChI=1S/C21H26N4O2/c1-2-24-19(26)18-12-21(14-25(18)20(24)27)6-9-23(10-7-21)13-15-3-4-17-16(11-15)5-8-22-17/h3-5,8,11,18,22H,2,6-7,9-10,12-14H2,1H3. The molecule has 0 radical (unpaired) electrons. The van der Waals surface area contributed by atoms with E-state index in [0.29, 0.717) is 6.54 Å². The van der Waals surface area contributed by atoms with Crippen molar-refractivity contribution >= 4 is 22.8 Å². The minimum atomic E-state index is -0.208. The number of aromatic amines is 1. The van der Waals surface area contributed by atoms with Crippen molar-refractivity contribution in [2.75, 3.05) is 26.2 Å². The van der Waals surface area contributed by atoms with Crippen molar-refractivity contribution in [2.45, 2.75) is 38.8 Å². The Morgan fingerprint density at radius 3 is 2.74 bits per heavy atom. The fourth-order valence-corrected chi connectivity index (χ4v) is 5.21. The van der Waals surface area contributed by atoms with Crippen LogP contribution >= 0.6 is 0 Å². The zero-order valence-corrected chi connectivity index (χ0v) is 15.8. The molecule has 6 nitrogen and oxygen atoms in total. The number of rotatable bonds is 3. The summed E-state index contributed by atoms with van der Waals surface area (Å²) in [6.07, 6.45) is 4.96. The van der Waals surface area contributed by atoms with Gasteiger partial charge in [0.05, 0.1) is 0 Å². The highest BCUT2D eigenvalue weighted by Gasteiger charge is 2.55. The number of piperidine rings is 1. The number of aromatic nitrogens is 1. The van der Waals surface area contributed by atoms with Crippen molar-refractivity contribution in [3.05, 3.63) is 36.0 Å². The lowest BCUT2D eigenvalue weighted by Gasteiger charge is -2.39. The van der Waals surface area contributed by atoms with E-state index in [4.69, 9.17) is 0 Å². The average molecular weight is 366 g/mol. The molecule has 3 saturated heterocycles. The summed E-state index contributed by atoms with van der Waals surface area (Å²) in [6.45, 7) is 6.14. The van der Waals surface area contributed by atoms with Gasteiger partial charge in [-0.05, 0) is 73.8 Å². The molecule has 0 saturated carbocycles. The molecule has 3 fully saturated rings. The van der Waals surface area contributed by atoms with Crippen LogP contribution in [0.4, 0.5) is 4.79 Å². The number of urea groups is 1. The highest BCUT2D eigenvalue weighted by Crippen LogP contribution is 2.46. The van der Waals surface area contributed by atoms with Gasteiger partial charge in [0.15, 0.2) is 0 Å². The third-order valence-corrected chi connectivity index (χ3v) is 6.79. The molecule has 1 N–H and O–H groups in total. The number of likely N-dealkylation sites (tertiary alicyclic amines) is 1. The minimum Gasteiger partial charge on any atom is -0.361 e. The second kappa shape index (κ2) is 6.09. The van der Waals surface area contributed by atoms with E-state index in [2.05, 4.69) is 34.1 Å². The monoisotopic (exact) mass is 366 g/mol. The number of imide groups is 1. The smallest absolute Gasteiger partial charge is 0.327 e. The number of likely N-dealkylation sites (N-methyl/N-ethyl adjacent to an activating group) is 1. The van der Waals surface area contributed by atoms with Gasteiger partial charge in [-0.15, -0.1) is 0 Å². The second-order valence-electron chi connectivity index (χ2n) is 8.39. The molecule has 0 aliphatic carbocycles. The SMILES string of the molecule is CCN1C(=O)C2CC3(CCN(Cc4ccc5[nH]ccc5c4)CC3)CN2C1=O. The maximum absolute atomic E-state index is 12.5. The second-order valence-corrected chi connectivity index (χ2v) is 8.39. The fraction of sp³-hybridized carbons (Fsp3) is 0.524. The first-order chi connectivity index (χ1) is 13.1. The first-order valence-corrected chi connectivity index (χ1v) is 9.99. The highest BCUT2D eigenvalue weighted by atomic mass is 16.2. The number of benzene rings is 1. The Labute approximate surface area is 159 Å². The molecule has 27 heavy (non-hydrogen) atoms. The topological polar surface area (TPSA) is 59.7 Å². The molecule has 1 unspecified atom stereocenters. The maximum Gasteiger partial charge on any atom is 0.327 e. The lowest BCUT2D eigenvalue weighted by Crippen LogP contribution is -2.43. The molecule has 142 valence electrons. The van der Waals surface area contributed by atoms with Crippen LogP contribution in [-0.4, -0.2) is 63.8 Å². The van der Waals surface area contributed by atoms with E-state index in [0.717, 1.165) is 45.4 Å².